The first-order chi connectivity index (χ1) is 14.2. The molecule has 8 heteroatoms. The number of amides is 1. The molecule has 0 bridgehead atoms. The monoisotopic (exact) mass is 394 g/mol. The van der Waals surface area contributed by atoms with Crippen LogP contribution in [0.5, 0.6) is 0 Å². The predicted molar refractivity (Wildman–Crippen MR) is 109 cm³/mol. The highest BCUT2D eigenvalue weighted by Crippen LogP contribution is 2.22. The lowest BCUT2D eigenvalue weighted by Crippen LogP contribution is -2.47. The number of hydrogen-bond donors (Lipinski definition) is 0. The zero-order chi connectivity index (χ0) is 20.2. The summed E-state index contributed by atoms with van der Waals surface area (Å²) in [6.07, 6.45) is 8.60. The first-order valence-electron chi connectivity index (χ1n) is 10.1. The van der Waals surface area contributed by atoms with E-state index in [2.05, 4.69) is 26.9 Å². The van der Waals surface area contributed by atoms with Crippen LogP contribution in [0, 0.1) is 0 Å². The number of pyridine rings is 1. The Morgan fingerprint density at radius 1 is 1.28 bits per heavy atom. The first kappa shape index (κ1) is 19.3. The van der Waals surface area contributed by atoms with Gasteiger partial charge in [0.25, 0.3) is 5.91 Å². The summed E-state index contributed by atoms with van der Waals surface area (Å²) in [5.41, 5.74) is 1.04. The van der Waals surface area contributed by atoms with Crippen molar-refractivity contribution < 1.29 is 9.21 Å². The van der Waals surface area contributed by atoms with Gasteiger partial charge in [0.05, 0.1) is 11.8 Å². The second-order valence-corrected chi connectivity index (χ2v) is 7.16. The molecule has 0 aromatic carbocycles. The Hall–Kier alpha value is -3.00. The number of nitrogens with zero attached hydrogens (tertiary/aromatic N) is 6. The van der Waals surface area contributed by atoms with E-state index in [1.165, 1.54) is 6.26 Å². The van der Waals surface area contributed by atoms with E-state index in [9.17, 15) is 4.79 Å². The minimum Gasteiger partial charge on any atom is -0.444 e. The van der Waals surface area contributed by atoms with Crippen molar-refractivity contribution in [3.63, 3.8) is 0 Å². The largest absolute Gasteiger partial charge is 0.444 e. The number of carbonyl (C=O) groups excluding carboxylic acids is 1. The Morgan fingerprint density at radius 3 is 2.79 bits per heavy atom. The highest BCUT2D eigenvalue weighted by molar-refractivity contribution is 5.92. The molecule has 3 aromatic rings. The number of piperidine rings is 1. The summed E-state index contributed by atoms with van der Waals surface area (Å²) in [6, 6.07) is 5.87. The lowest BCUT2D eigenvalue weighted by Gasteiger charge is -2.37. The van der Waals surface area contributed by atoms with Crippen LogP contribution in [0.25, 0.3) is 17.3 Å². The number of hydrogen-bond acceptors (Lipinski definition) is 6. The van der Waals surface area contributed by atoms with Gasteiger partial charge in [-0.25, -0.2) is 14.6 Å². The van der Waals surface area contributed by atoms with Crippen molar-refractivity contribution >= 4 is 5.91 Å². The Balaban J connectivity index is 1.48. The van der Waals surface area contributed by atoms with Gasteiger partial charge in [-0.1, -0.05) is 13.0 Å². The van der Waals surface area contributed by atoms with E-state index < -0.39 is 0 Å². The average Bonchev–Trinajstić information content (AvgIpc) is 3.45. The van der Waals surface area contributed by atoms with Gasteiger partial charge < -0.3 is 14.2 Å². The van der Waals surface area contributed by atoms with Gasteiger partial charge in [-0.3, -0.25) is 4.79 Å². The van der Waals surface area contributed by atoms with Crippen molar-refractivity contribution in [3.05, 3.63) is 48.7 Å². The number of carbonyl (C=O) groups is 1. The summed E-state index contributed by atoms with van der Waals surface area (Å²) in [4.78, 5) is 26.1. The van der Waals surface area contributed by atoms with E-state index >= 15 is 0 Å². The molecule has 0 saturated carbocycles. The predicted octanol–water partition coefficient (Wildman–Crippen LogP) is 2.87. The van der Waals surface area contributed by atoms with Crippen molar-refractivity contribution in [1.82, 2.24) is 29.5 Å². The Kier molecular flexibility index (Phi) is 5.71. The van der Waals surface area contributed by atoms with Crippen LogP contribution >= 0.6 is 0 Å². The second-order valence-electron chi connectivity index (χ2n) is 7.16. The molecule has 3 aromatic heterocycles. The normalized spacial score (nSPS) is 15.5. The van der Waals surface area contributed by atoms with Gasteiger partial charge in [-0.15, -0.1) is 0 Å². The molecule has 0 spiro atoms. The molecule has 1 aliphatic rings. The van der Waals surface area contributed by atoms with Crippen LogP contribution in [0.15, 0.2) is 47.5 Å². The summed E-state index contributed by atoms with van der Waals surface area (Å²) >= 11 is 0. The molecule has 29 heavy (non-hydrogen) atoms. The Bertz CT molecular complexity index is 943. The minimum absolute atomic E-state index is 0.0745. The molecular formula is C21H26N6O2. The second kappa shape index (κ2) is 8.57. The van der Waals surface area contributed by atoms with Crippen molar-refractivity contribution in [2.24, 2.45) is 0 Å². The van der Waals surface area contributed by atoms with E-state index in [4.69, 9.17) is 4.42 Å². The van der Waals surface area contributed by atoms with E-state index in [1.807, 2.05) is 30.0 Å². The highest BCUT2D eigenvalue weighted by Gasteiger charge is 2.29. The zero-order valence-corrected chi connectivity index (χ0v) is 16.9. The van der Waals surface area contributed by atoms with Gasteiger partial charge >= 0.3 is 0 Å². The Morgan fingerprint density at radius 2 is 2.10 bits per heavy atom. The minimum atomic E-state index is -0.0745. The maximum Gasteiger partial charge on any atom is 0.276 e. The quantitative estimate of drug-likeness (QED) is 0.640. The van der Waals surface area contributed by atoms with Gasteiger partial charge in [0.1, 0.15) is 6.26 Å². The topological polar surface area (TPSA) is 80.3 Å². The van der Waals surface area contributed by atoms with Crippen LogP contribution in [0.3, 0.4) is 0 Å². The average molecular weight is 394 g/mol. The Labute approximate surface area is 170 Å². The maximum atomic E-state index is 13.1. The number of likely N-dealkylation sites (tertiary alicyclic amines) is 1. The van der Waals surface area contributed by atoms with Crippen LogP contribution in [-0.2, 0) is 0 Å². The molecule has 0 N–H and O–H groups in total. The maximum absolute atomic E-state index is 13.1. The molecular weight excluding hydrogens is 368 g/mol. The zero-order valence-electron chi connectivity index (χ0n) is 16.9. The lowest BCUT2D eigenvalue weighted by molar-refractivity contribution is 0.0586. The number of rotatable bonds is 6. The molecule has 4 heterocycles. The van der Waals surface area contributed by atoms with Crippen LogP contribution < -0.4 is 0 Å². The fraction of sp³-hybridized carbons (Fsp3) is 0.429. The van der Waals surface area contributed by atoms with E-state index in [0.29, 0.717) is 29.5 Å². The number of aromatic nitrogens is 4. The van der Waals surface area contributed by atoms with Crippen LogP contribution in [0.1, 0.15) is 37.2 Å². The molecule has 1 amide bonds. The van der Waals surface area contributed by atoms with Crippen LogP contribution in [-0.4, -0.2) is 67.7 Å². The molecule has 0 atom stereocenters. The molecule has 0 aliphatic carbocycles. The molecule has 0 unspecified atom stereocenters. The molecule has 8 nitrogen and oxygen atoms in total. The summed E-state index contributed by atoms with van der Waals surface area (Å²) in [5, 5.41) is 4.31. The van der Waals surface area contributed by atoms with Gasteiger partial charge in [0, 0.05) is 38.1 Å². The van der Waals surface area contributed by atoms with E-state index in [1.54, 1.807) is 23.3 Å². The highest BCUT2D eigenvalue weighted by atomic mass is 16.3. The molecule has 152 valence electrons. The van der Waals surface area contributed by atoms with Gasteiger partial charge in [0.2, 0.25) is 5.89 Å². The van der Waals surface area contributed by atoms with Crippen LogP contribution in [0.2, 0.25) is 0 Å². The summed E-state index contributed by atoms with van der Waals surface area (Å²) in [6.45, 7) is 7.97. The summed E-state index contributed by atoms with van der Waals surface area (Å²) in [5.74, 6) is 1.01. The lowest BCUT2D eigenvalue weighted by atomic mass is 10.0. The third kappa shape index (κ3) is 4.07. The smallest absolute Gasteiger partial charge is 0.276 e. The summed E-state index contributed by atoms with van der Waals surface area (Å²) in [7, 11) is 0. The first-order valence-corrected chi connectivity index (χ1v) is 10.1. The third-order valence-corrected chi connectivity index (χ3v) is 5.48. The molecule has 1 saturated heterocycles. The van der Waals surface area contributed by atoms with Crippen molar-refractivity contribution in [1.29, 1.82) is 0 Å². The van der Waals surface area contributed by atoms with Gasteiger partial charge in [0.15, 0.2) is 11.5 Å². The number of oxazole rings is 1. The van der Waals surface area contributed by atoms with Gasteiger partial charge in [-0.2, -0.15) is 5.10 Å². The van der Waals surface area contributed by atoms with Crippen molar-refractivity contribution in [2.75, 3.05) is 26.2 Å². The molecule has 1 aliphatic heterocycles. The molecule has 0 radical (unpaired) electrons. The van der Waals surface area contributed by atoms with Crippen molar-refractivity contribution in [2.45, 2.75) is 32.7 Å². The fourth-order valence-electron chi connectivity index (χ4n) is 3.81. The summed E-state index contributed by atoms with van der Waals surface area (Å²) < 4.78 is 7.25. The van der Waals surface area contributed by atoms with Crippen LogP contribution in [0.4, 0.5) is 0 Å². The van der Waals surface area contributed by atoms with E-state index in [-0.39, 0.29) is 11.9 Å². The van der Waals surface area contributed by atoms with Crippen molar-refractivity contribution in [3.8, 4) is 17.3 Å². The SMILES string of the molecule is CCN1CCC(N(CC)C(=O)c2coc(-c3cnn(-c4ccccn4)c3)n2)CC1. The molecule has 1 fully saturated rings. The van der Waals surface area contributed by atoms with E-state index in [0.717, 1.165) is 32.5 Å². The fourth-order valence-corrected chi connectivity index (χ4v) is 3.81. The standard InChI is InChI=1S/C21H26N6O2/c1-3-25-11-8-17(9-12-25)26(4-2)21(28)18-15-29-20(24-18)16-13-23-27(14-16)19-7-5-6-10-22-19/h5-7,10,13-15,17H,3-4,8-9,11-12H2,1-2H3. The third-order valence-electron chi connectivity index (χ3n) is 5.48. The van der Waals surface area contributed by atoms with Gasteiger partial charge in [-0.05, 0) is 38.4 Å². The molecule has 4 rings (SSSR count).